The predicted octanol–water partition coefficient (Wildman–Crippen LogP) is 7.79. The number of carbonyl (C=O) groups is 2. The van der Waals surface area contributed by atoms with E-state index in [-0.39, 0.29) is 24.4 Å². The first kappa shape index (κ1) is 33.8. The van der Waals surface area contributed by atoms with Gasteiger partial charge in [-0.05, 0) is 65.6 Å². The fraction of sp³-hybridized carbons (Fsp3) is 0.150. The highest BCUT2D eigenvalue weighted by molar-refractivity contribution is 5.92. The van der Waals surface area contributed by atoms with Crippen LogP contribution in [0.4, 0.5) is 10.1 Å². The molecule has 0 saturated heterocycles. The Hall–Kier alpha value is -6.13. The molecular formula is C40H35FN4O5. The quantitative estimate of drug-likeness (QED) is 0.128. The molecule has 252 valence electrons. The van der Waals surface area contributed by atoms with E-state index in [9.17, 15) is 19.1 Å². The molecule has 9 nitrogen and oxygen atoms in total. The van der Waals surface area contributed by atoms with Crippen LogP contribution in [0.5, 0.6) is 5.75 Å². The largest absolute Gasteiger partial charge is 0.496 e. The number of methoxy groups -OCH3 is 1. The van der Waals surface area contributed by atoms with Gasteiger partial charge in [-0.3, -0.25) is 14.5 Å². The Labute approximate surface area is 289 Å². The van der Waals surface area contributed by atoms with E-state index < -0.39 is 11.8 Å². The van der Waals surface area contributed by atoms with Crippen molar-refractivity contribution in [1.29, 1.82) is 0 Å². The normalized spacial score (nSPS) is 11.0. The van der Waals surface area contributed by atoms with Crippen LogP contribution in [0, 0.1) is 12.7 Å². The first-order chi connectivity index (χ1) is 24.2. The Morgan fingerprint density at radius 3 is 2.00 bits per heavy atom. The van der Waals surface area contributed by atoms with Gasteiger partial charge in [0.2, 0.25) is 11.7 Å². The van der Waals surface area contributed by atoms with Crippen LogP contribution >= 0.6 is 0 Å². The van der Waals surface area contributed by atoms with Crippen LogP contribution < -0.4 is 10.1 Å². The SMILES string of the molecule is COc1cccc(F)c1CC(=O)Nc1ccc(CN(CC(=O)O)Cc2ccc(-c3noc(-c4ccc(-c5ccc(C)cc5)cc4)n3)cc2)cc1. The number of nitrogens with one attached hydrogen (secondary N) is 1. The van der Waals surface area contributed by atoms with Gasteiger partial charge in [0.05, 0.1) is 20.1 Å². The highest BCUT2D eigenvalue weighted by Crippen LogP contribution is 2.27. The maximum absolute atomic E-state index is 14.3. The fourth-order valence-electron chi connectivity index (χ4n) is 5.60. The monoisotopic (exact) mass is 670 g/mol. The molecule has 50 heavy (non-hydrogen) atoms. The molecule has 0 spiro atoms. The van der Waals surface area contributed by atoms with Crippen LogP contribution in [0.25, 0.3) is 34.0 Å². The summed E-state index contributed by atoms with van der Waals surface area (Å²) in [6.07, 6.45) is -0.181. The van der Waals surface area contributed by atoms with E-state index in [1.165, 1.54) is 24.8 Å². The molecule has 0 aliphatic rings. The van der Waals surface area contributed by atoms with E-state index in [0.717, 1.165) is 33.4 Å². The average Bonchev–Trinajstić information content (AvgIpc) is 3.61. The zero-order valence-electron chi connectivity index (χ0n) is 27.6. The number of hydrogen-bond acceptors (Lipinski definition) is 7. The number of carboxylic acids is 1. The van der Waals surface area contributed by atoms with Crippen LogP contribution in [-0.4, -0.2) is 45.7 Å². The number of aryl methyl sites for hydroxylation is 1. The molecule has 2 N–H and O–H groups in total. The lowest BCUT2D eigenvalue weighted by atomic mass is 10.0. The van der Waals surface area contributed by atoms with Gasteiger partial charge in [-0.15, -0.1) is 0 Å². The number of amides is 1. The lowest BCUT2D eigenvalue weighted by molar-refractivity contribution is -0.138. The number of aromatic nitrogens is 2. The third-order valence-corrected chi connectivity index (χ3v) is 8.20. The minimum Gasteiger partial charge on any atom is -0.496 e. The molecule has 1 aromatic heterocycles. The number of rotatable bonds is 13. The first-order valence-corrected chi connectivity index (χ1v) is 16.0. The molecule has 0 fully saturated rings. The van der Waals surface area contributed by atoms with Crippen molar-refractivity contribution < 1.29 is 28.3 Å². The van der Waals surface area contributed by atoms with Crippen molar-refractivity contribution in [3.05, 3.63) is 143 Å². The molecule has 0 bridgehead atoms. The van der Waals surface area contributed by atoms with Gasteiger partial charge in [0, 0.05) is 35.5 Å². The van der Waals surface area contributed by atoms with Gasteiger partial charge in [-0.25, -0.2) is 4.39 Å². The fourth-order valence-corrected chi connectivity index (χ4v) is 5.60. The molecule has 0 unspecified atom stereocenters. The smallest absolute Gasteiger partial charge is 0.317 e. The molecular weight excluding hydrogens is 635 g/mol. The summed E-state index contributed by atoms with van der Waals surface area (Å²) in [5.41, 5.74) is 7.54. The van der Waals surface area contributed by atoms with Crippen molar-refractivity contribution in [3.63, 3.8) is 0 Å². The van der Waals surface area contributed by atoms with Crippen molar-refractivity contribution in [3.8, 4) is 39.7 Å². The molecule has 0 saturated carbocycles. The third-order valence-electron chi connectivity index (χ3n) is 8.20. The number of nitrogens with zero attached hydrogens (tertiary/aromatic N) is 3. The number of halogens is 1. The second kappa shape index (κ2) is 15.4. The van der Waals surface area contributed by atoms with Gasteiger partial charge in [-0.1, -0.05) is 89.6 Å². The molecule has 1 amide bonds. The van der Waals surface area contributed by atoms with Gasteiger partial charge in [0.15, 0.2) is 0 Å². The Bertz CT molecular complexity index is 2080. The number of benzene rings is 5. The summed E-state index contributed by atoms with van der Waals surface area (Å²) < 4.78 is 25.0. The molecule has 6 aromatic rings. The van der Waals surface area contributed by atoms with E-state index in [1.807, 2.05) is 65.6 Å². The molecule has 1 heterocycles. The topological polar surface area (TPSA) is 118 Å². The minimum atomic E-state index is -0.944. The molecule has 0 atom stereocenters. The van der Waals surface area contributed by atoms with Gasteiger partial charge < -0.3 is 19.7 Å². The number of aliphatic carboxylic acids is 1. The summed E-state index contributed by atoms with van der Waals surface area (Å²) in [4.78, 5) is 30.7. The second-order valence-electron chi connectivity index (χ2n) is 11.9. The molecule has 0 radical (unpaired) electrons. The summed E-state index contributed by atoms with van der Waals surface area (Å²) in [6, 6.07) is 35.5. The maximum atomic E-state index is 14.3. The van der Waals surface area contributed by atoms with Gasteiger partial charge in [0.1, 0.15) is 11.6 Å². The van der Waals surface area contributed by atoms with E-state index >= 15 is 0 Å². The van der Waals surface area contributed by atoms with Gasteiger partial charge >= 0.3 is 5.97 Å². The summed E-state index contributed by atoms with van der Waals surface area (Å²) in [5.74, 6) is -0.659. The Morgan fingerprint density at radius 2 is 1.38 bits per heavy atom. The van der Waals surface area contributed by atoms with Crippen LogP contribution in [0.2, 0.25) is 0 Å². The number of hydrogen-bond donors (Lipinski definition) is 2. The van der Waals surface area contributed by atoms with Crippen molar-refractivity contribution in [2.45, 2.75) is 26.4 Å². The Morgan fingerprint density at radius 1 is 0.800 bits per heavy atom. The lowest BCUT2D eigenvalue weighted by Crippen LogP contribution is -2.29. The number of ether oxygens (including phenoxy) is 1. The standard InChI is InChI=1S/C40H35FN4O5/c1-26-6-12-29(13-7-26)30-16-18-32(19-17-30)40-43-39(44-50-40)31-14-8-27(9-15-31)23-45(25-38(47)48)24-28-10-20-33(21-11-28)42-37(46)22-34-35(41)4-3-5-36(34)49-2/h3-21H,22-25H2,1-2H3,(H,42,46)(H,47,48). The van der Waals surface area contributed by atoms with E-state index in [2.05, 4.69) is 46.6 Å². The summed E-state index contributed by atoms with van der Waals surface area (Å²) in [7, 11) is 1.43. The van der Waals surface area contributed by atoms with Crippen molar-refractivity contribution in [1.82, 2.24) is 15.0 Å². The van der Waals surface area contributed by atoms with Gasteiger partial charge in [-0.2, -0.15) is 4.98 Å². The molecule has 0 aliphatic carbocycles. The van der Waals surface area contributed by atoms with E-state index in [4.69, 9.17) is 9.26 Å². The molecule has 10 heteroatoms. The minimum absolute atomic E-state index is 0.165. The summed E-state index contributed by atoms with van der Waals surface area (Å²) >= 11 is 0. The van der Waals surface area contributed by atoms with Crippen molar-refractivity contribution in [2.75, 3.05) is 19.0 Å². The first-order valence-electron chi connectivity index (χ1n) is 16.0. The highest BCUT2D eigenvalue weighted by atomic mass is 19.1. The van der Waals surface area contributed by atoms with E-state index in [0.29, 0.717) is 36.2 Å². The zero-order valence-corrected chi connectivity index (χ0v) is 27.6. The number of anilines is 1. The van der Waals surface area contributed by atoms with Crippen LogP contribution in [0.1, 0.15) is 22.3 Å². The number of carboxylic acid groups (broad SMARTS) is 1. The summed E-state index contributed by atoms with van der Waals surface area (Å²) in [5, 5.41) is 16.5. The van der Waals surface area contributed by atoms with Crippen LogP contribution in [0.15, 0.2) is 120 Å². The van der Waals surface area contributed by atoms with Gasteiger partial charge in [0.25, 0.3) is 5.89 Å². The lowest BCUT2D eigenvalue weighted by Gasteiger charge is -2.21. The Balaban J connectivity index is 1.06. The van der Waals surface area contributed by atoms with Crippen molar-refractivity contribution >= 4 is 17.6 Å². The van der Waals surface area contributed by atoms with Crippen LogP contribution in [-0.2, 0) is 29.1 Å². The molecule has 6 rings (SSSR count). The predicted molar refractivity (Wildman–Crippen MR) is 189 cm³/mol. The Kier molecular flexibility index (Phi) is 10.4. The molecule has 0 aliphatic heterocycles. The van der Waals surface area contributed by atoms with Crippen molar-refractivity contribution in [2.24, 2.45) is 0 Å². The number of carbonyl (C=O) groups excluding carboxylic acids is 1. The molecule has 5 aromatic carbocycles. The second-order valence-corrected chi connectivity index (χ2v) is 11.9. The highest BCUT2D eigenvalue weighted by Gasteiger charge is 2.16. The average molecular weight is 671 g/mol. The zero-order chi connectivity index (χ0) is 35.0. The van der Waals surface area contributed by atoms with Crippen LogP contribution in [0.3, 0.4) is 0 Å². The third kappa shape index (κ3) is 8.47. The maximum Gasteiger partial charge on any atom is 0.317 e. The van der Waals surface area contributed by atoms with E-state index in [1.54, 1.807) is 18.2 Å². The summed E-state index contributed by atoms with van der Waals surface area (Å²) in [6.45, 7) is 2.65.